The van der Waals surface area contributed by atoms with Gasteiger partial charge in [0.1, 0.15) is 10.9 Å². The van der Waals surface area contributed by atoms with Crippen molar-refractivity contribution >= 4 is 17.6 Å². The van der Waals surface area contributed by atoms with E-state index in [1.807, 2.05) is 0 Å². The maximum Gasteiger partial charge on any atom is 0.491 e. The lowest BCUT2D eigenvalue weighted by Gasteiger charge is -2.05. The van der Waals surface area contributed by atoms with Crippen LogP contribution in [-0.2, 0) is 9.53 Å². The fourth-order valence-electron chi connectivity index (χ4n) is 0.880. The maximum atomic E-state index is 11.1. The Kier molecular flexibility index (Phi) is 3.26. The highest BCUT2D eigenvalue weighted by Gasteiger charge is 2.29. The third-order valence-corrected chi connectivity index (χ3v) is 1.71. The van der Waals surface area contributed by atoms with Gasteiger partial charge in [-0.05, 0) is 12.2 Å². The van der Waals surface area contributed by atoms with Crippen molar-refractivity contribution < 1.29 is 9.53 Å². The molecule has 0 aromatic rings. The molecule has 0 unspecified atom stereocenters. The summed E-state index contributed by atoms with van der Waals surface area (Å²) in [4.78, 5) is 13.9. The van der Waals surface area contributed by atoms with E-state index in [1.165, 1.54) is 13.2 Å². The summed E-state index contributed by atoms with van der Waals surface area (Å²) in [5, 5.41) is 11.6. The number of carbonyl (C=O) groups excluding carboxylic acids is 1. The van der Waals surface area contributed by atoms with E-state index in [4.69, 9.17) is 17.0 Å². The summed E-state index contributed by atoms with van der Waals surface area (Å²) in [6.07, 6.45) is 4.75. The topological polar surface area (TPSA) is 66.5 Å². The molecule has 1 aliphatic rings. The van der Waals surface area contributed by atoms with Gasteiger partial charge in [0.25, 0.3) is 0 Å². The van der Waals surface area contributed by atoms with Gasteiger partial charge < -0.3 is 10.1 Å². The summed E-state index contributed by atoms with van der Waals surface area (Å²) in [5.74, 6) is -0.744. The maximum absolute atomic E-state index is 11.1. The number of diazo groups is 1. The average molecular weight is 213 g/mol. The molecule has 0 saturated heterocycles. The van der Waals surface area contributed by atoms with Gasteiger partial charge in [-0.2, -0.15) is 0 Å². The van der Waals surface area contributed by atoms with Crippen LogP contribution < -0.4 is 5.32 Å². The van der Waals surface area contributed by atoms with Crippen LogP contribution in [0.2, 0.25) is 0 Å². The minimum atomic E-state index is -0.744. The second kappa shape index (κ2) is 4.44. The fraction of sp³-hybridized carbons (Fsp3) is 0.125. The predicted molar refractivity (Wildman–Crippen MR) is 50.3 cm³/mol. The van der Waals surface area contributed by atoms with Crippen LogP contribution in [0.1, 0.15) is 0 Å². The number of hydrogen-bond donors (Lipinski definition) is 1. The molecule has 72 valence electrons. The number of carbonyl (C=O) groups is 1. The Morgan fingerprint density at radius 2 is 2.43 bits per heavy atom. The number of hydrogen-bond acceptors (Lipinski definition) is 4. The number of methoxy groups -OCH3 is 1. The highest BCUT2D eigenvalue weighted by molar-refractivity contribution is 6.29. The van der Waals surface area contributed by atoms with Crippen molar-refractivity contribution in [1.29, 1.82) is 5.39 Å². The van der Waals surface area contributed by atoms with E-state index in [0.717, 1.165) is 0 Å². The molecule has 0 fully saturated rings. The molecule has 14 heavy (non-hydrogen) atoms. The van der Waals surface area contributed by atoms with E-state index in [-0.39, 0.29) is 11.4 Å². The van der Waals surface area contributed by atoms with Gasteiger partial charge in [0.05, 0.1) is 7.11 Å². The molecule has 6 heteroatoms. The number of dihydropyridines is 1. The Hall–Kier alpha value is -1.80. The molecule has 1 N–H and O–H groups in total. The molecule has 1 aliphatic heterocycles. The van der Waals surface area contributed by atoms with Crippen molar-refractivity contribution in [2.45, 2.75) is 0 Å². The van der Waals surface area contributed by atoms with Gasteiger partial charge in [0.15, 0.2) is 4.98 Å². The van der Waals surface area contributed by atoms with Gasteiger partial charge in [0, 0.05) is 0 Å². The van der Waals surface area contributed by atoms with E-state index >= 15 is 0 Å². The molecular weight excluding hydrogens is 206 g/mol. The van der Waals surface area contributed by atoms with E-state index in [1.54, 1.807) is 12.2 Å². The number of esters is 1. The summed E-state index contributed by atoms with van der Waals surface area (Å²) >= 11 is 5.65. The number of rotatable bonds is 1. The van der Waals surface area contributed by atoms with Gasteiger partial charge in [0.2, 0.25) is 5.39 Å². The first-order valence-electron chi connectivity index (χ1n) is 3.67. The van der Waals surface area contributed by atoms with Crippen LogP contribution in [0.3, 0.4) is 0 Å². The molecule has 0 radical (unpaired) electrons. The van der Waals surface area contributed by atoms with Crippen molar-refractivity contribution in [2.75, 3.05) is 7.11 Å². The van der Waals surface area contributed by atoms with Gasteiger partial charge in [-0.3, -0.25) is 0 Å². The standard InChI is InChI=1S/C8H6ClN3O2/c1-14-8(13)7(12-10)5-3-2-4-6(9)11-5/h2-4H,1H3/p+1. The first kappa shape index (κ1) is 10.3. The van der Waals surface area contributed by atoms with Gasteiger partial charge in [-0.1, -0.05) is 17.7 Å². The van der Waals surface area contributed by atoms with Gasteiger partial charge in [-0.15, -0.1) is 0 Å². The summed E-state index contributed by atoms with van der Waals surface area (Å²) in [6.45, 7) is 0. The van der Waals surface area contributed by atoms with Crippen molar-refractivity contribution in [3.8, 4) is 0 Å². The molecule has 0 amide bonds. The van der Waals surface area contributed by atoms with E-state index in [2.05, 4.69) is 15.0 Å². The first-order chi connectivity index (χ1) is 6.69. The molecular formula is C8H7ClN3O2+. The predicted octanol–water partition coefficient (Wildman–Crippen LogP) is 1.46. The van der Waals surface area contributed by atoms with E-state index < -0.39 is 5.97 Å². The number of nitrogens with zero attached hydrogens (tertiary/aromatic N) is 2. The SMILES string of the molecule is COC(=O)C([N+]#N)=C1C=CC=C(Cl)N1. The highest BCUT2D eigenvalue weighted by atomic mass is 35.5. The third kappa shape index (κ3) is 2.12. The number of ether oxygens (including phenoxy) is 1. The zero-order valence-electron chi connectivity index (χ0n) is 7.32. The Morgan fingerprint density at radius 1 is 1.71 bits per heavy atom. The first-order valence-corrected chi connectivity index (χ1v) is 4.05. The molecule has 1 rings (SSSR count). The van der Waals surface area contributed by atoms with Crippen LogP contribution >= 0.6 is 11.6 Å². The molecule has 0 bridgehead atoms. The molecule has 0 spiro atoms. The quantitative estimate of drug-likeness (QED) is 0.309. The second-order valence-corrected chi connectivity index (χ2v) is 2.76. The van der Waals surface area contributed by atoms with Crippen LogP contribution in [0.15, 0.2) is 34.8 Å². The lowest BCUT2D eigenvalue weighted by atomic mass is 10.2. The Bertz CT molecular complexity index is 390. The lowest BCUT2D eigenvalue weighted by Crippen LogP contribution is -2.16. The zero-order chi connectivity index (χ0) is 10.6. The Labute approximate surface area is 85.3 Å². The van der Waals surface area contributed by atoms with Crippen LogP contribution in [0.4, 0.5) is 0 Å². The summed E-state index contributed by atoms with van der Waals surface area (Å²) in [5.41, 5.74) is 0.0573. The Morgan fingerprint density at radius 3 is 2.93 bits per heavy atom. The molecule has 0 saturated carbocycles. The van der Waals surface area contributed by atoms with Crippen LogP contribution in [-0.4, -0.2) is 13.1 Å². The Balaban J connectivity index is 3.05. The zero-order valence-corrected chi connectivity index (χ0v) is 8.08. The van der Waals surface area contributed by atoms with Crippen LogP contribution in [0, 0.1) is 5.39 Å². The normalized spacial score (nSPS) is 17.6. The van der Waals surface area contributed by atoms with Crippen LogP contribution in [0.5, 0.6) is 0 Å². The second-order valence-electron chi connectivity index (χ2n) is 2.35. The number of halogens is 1. The molecule has 0 aromatic heterocycles. The van der Waals surface area contributed by atoms with Crippen molar-refractivity contribution in [3.05, 3.63) is 39.8 Å². The van der Waals surface area contributed by atoms with E-state index in [9.17, 15) is 4.79 Å². The van der Waals surface area contributed by atoms with Crippen molar-refractivity contribution in [3.63, 3.8) is 0 Å². The van der Waals surface area contributed by atoms with Crippen molar-refractivity contribution in [2.24, 2.45) is 0 Å². The third-order valence-electron chi connectivity index (χ3n) is 1.49. The smallest absolute Gasteiger partial charge is 0.460 e. The largest absolute Gasteiger partial charge is 0.491 e. The number of nitrogens with one attached hydrogen (secondary N) is 1. The minimum absolute atomic E-state index is 0.227. The fourth-order valence-corrected chi connectivity index (χ4v) is 1.05. The van der Waals surface area contributed by atoms with E-state index in [0.29, 0.717) is 5.16 Å². The molecule has 1 heterocycles. The summed E-state index contributed by atoms with van der Waals surface area (Å²) < 4.78 is 4.40. The van der Waals surface area contributed by atoms with Gasteiger partial charge >= 0.3 is 11.7 Å². The van der Waals surface area contributed by atoms with Crippen molar-refractivity contribution in [1.82, 2.24) is 5.32 Å². The average Bonchev–Trinajstić information content (AvgIpc) is 2.19. The lowest BCUT2D eigenvalue weighted by molar-refractivity contribution is -0.135. The molecule has 0 atom stereocenters. The highest BCUT2D eigenvalue weighted by Crippen LogP contribution is 2.14. The molecule has 0 aliphatic carbocycles. The van der Waals surface area contributed by atoms with Crippen LogP contribution in [0.25, 0.3) is 4.98 Å². The summed E-state index contributed by atoms with van der Waals surface area (Å²) in [7, 11) is 1.19. The van der Waals surface area contributed by atoms with Gasteiger partial charge in [-0.25, -0.2) is 4.79 Å². The monoisotopic (exact) mass is 212 g/mol. The minimum Gasteiger partial charge on any atom is -0.460 e. The molecule has 5 nitrogen and oxygen atoms in total. The summed E-state index contributed by atoms with van der Waals surface area (Å²) in [6, 6.07) is 0. The number of allylic oxidation sites excluding steroid dienone is 3. The molecule has 0 aromatic carbocycles.